The second kappa shape index (κ2) is 9.24. The maximum Gasteiger partial charge on any atom is 0.341 e. The summed E-state index contributed by atoms with van der Waals surface area (Å²) in [6.07, 6.45) is 1.48. The molecule has 0 saturated carbocycles. The minimum Gasteiger partial charge on any atom is -0.468 e. The smallest absolute Gasteiger partial charge is 0.341 e. The molecular formula is C20H20N2O6S2. The van der Waals surface area contributed by atoms with Gasteiger partial charge < -0.3 is 14.5 Å². The standard InChI is InChI=1S/C20H20N2O6S2/c1-3-27-20(24)17-10-12-29-19(17)21-18(23)14-6-8-16(9-7-14)30(25,26)22(2)13-15-5-4-11-28-15/h4-12H,3,13H2,1-2H3,(H,21,23). The van der Waals surface area contributed by atoms with Crippen molar-refractivity contribution in [1.29, 1.82) is 0 Å². The monoisotopic (exact) mass is 448 g/mol. The van der Waals surface area contributed by atoms with E-state index in [9.17, 15) is 18.0 Å². The maximum atomic E-state index is 12.7. The van der Waals surface area contributed by atoms with Crippen LogP contribution in [0.5, 0.6) is 0 Å². The molecule has 3 aromatic rings. The van der Waals surface area contributed by atoms with Gasteiger partial charge in [0.15, 0.2) is 0 Å². The third kappa shape index (κ3) is 4.78. The highest BCUT2D eigenvalue weighted by Crippen LogP contribution is 2.25. The number of carbonyl (C=O) groups excluding carboxylic acids is 2. The predicted octanol–water partition coefficient (Wildman–Crippen LogP) is 3.59. The first-order valence-electron chi connectivity index (χ1n) is 8.97. The van der Waals surface area contributed by atoms with E-state index < -0.39 is 21.9 Å². The fraction of sp³-hybridized carbons (Fsp3) is 0.200. The van der Waals surface area contributed by atoms with Gasteiger partial charge in [-0.15, -0.1) is 11.3 Å². The molecule has 0 aliphatic carbocycles. The molecule has 8 nitrogen and oxygen atoms in total. The van der Waals surface area contributed by atoms with Gasteiger partial charge in [0.25, 0.3) is 5.91 Å². The molecule has 0 unspecified atom stereocenters. The molecule has 0 bridgehead atoms. The Morgan fingerprint density at radius 2 is 1.90 bits per heavy atom. The van der Waals surface area contributed by atoms with E-state index in [-0.39, 0.29) is 29.2 Å². The van der Waals surface area contributed by atoms with Crippen LogP contribution in [0.15, 0.2) is 63.4 Å². The Morgan fingerprint density at radius 1 is 1.17 bits per heavy atom. The van der Waals surface area contributed by atoms with Crippen LogP contribution in [-0.2, 0) is 21.3 Å². The zero-order valence-electron chi connectivity index (χ0n) is 16.3. The summed E-state index contributed by atoms with van der Waals surface area (Å²) in [4.78, 5) is 24.5. The van der Waals surface area contributed by atoms with E-state index in [0.29, 0.717) is 10.8 Å². The minimum atomic E-state index is -3.75. The number of furan rings is 1. The summed E-state index contributed by atoms with van der Waals surface area (Å²) in [6, 6.07) is 10.5. The molecular weight excluding hydrogens is 428 g/mol. The second-order valence-corrected chi connectivity index (χ2v) is 9.16. The zero-order valence-corrected chi connectivity index (χ0v) is 18.0. The highest BCUT2D eigenvalue weighted by molar-refractivity contribution is 7.89. The lowest BCUT2D eigenvalue weighted by Gasteiger charge is -2.16. The largest absolute Gasteiger partial charge is 0.468 e. The van der Waals surface area contributed by atoms with Crippen molar-refractivity contribution >= 4 is 38.2 Å². The molecule has 0 spiro atoms. The first-order chi connectivity index (χ1) is 14.3. The second-order valence-electron chi connectivity index (χ2n) is 6.20. The van der Waals surface area contributed by atoms with Gasteiger partial charge in [-0.05, 0) is 54.8 Å². The molecule has 30 heavy (non-hydrogen) atoms. The molecule has 0 saturated heterocycles. The average Bonchev–Trinajstić information content (AvgIpc) is 3.40. The van der Waals surface area contributed by atoms with E-state index in [1.165, 1.54) is 48.9 Å². The van der Waals surface area contributed by atoms with Crippen LogP contribution in [0.3, 0.4) is 0 Å². The Morgan fingerprint density at radius 3 is 2.53 bits per heavy atom. The molecule has 0 atom stereocenters. The van der Waals surface area contributed by atoms with Crippen LogP contribution < -0.4 is 5.32 Å². The molecule has 0 fully saturated rings. The first-order valence-corrected chi connectivity index (χ1v) is 11.3. The normalized spacial score (nSPS) is 11.4. The minimum absolute atomic E-state index is 0.0523. The summed E-state index contributed by atoms with van der Waals surface area (Å²) in [6.45, 7) is 2.02. The van der Waals surface area contributed by atoms with Crippen LogP contribution in [0.1, 0.15) is 33.4 Å². The fourth-order valence-corrected chi connectivity index (χ4v) is 4.52. The predicted molar refractivity (Wildman–Crippen MR) is 112 cm³/mol. The van der Waals surface area contributed by atoms with Gasteiger partial charge in [0, 0.05) is 12.6 Å². The van der Waals surface area contributed by atoms with Gasteiger partial charge in [-0.25, -0.2) is 13.2 Å². The number of amides is 1. The topological polar surface area (TPSA) is 106 Å². The van der Waals surface area contributed by atoms with Gasteiger partial charge >= 0.3 is 5.97 Å². The molecule has 0 aliphatic heterocycles. The Balaban J connectivity index is 1.72. The van der Waals surface area contributed by atoms with E-state index in [1.54, 1.807) is 30.5 Å². The third-order valence-corrected chi connectivity index (χ3v) is 6.82. The number of sulfonamides is 1. The molecule has 0 aliphatic rings. The van der Waals surface area contributed by atoms with E-state index in [0.717, 1.165) is 4.31 Å². The molecule has 0 radical (unpaired) electrons. The first kappa shape index (κ1) is 21.8. The molecule has 10 heteroatoms. The van der Waals surface area contributed by atoms with Crippen LogP contribution in [-0.4, -0.2) is 38.3 Å². The van der Waals surface area contributed by atoms with Crippen molar-refractivity contribution in [3.63, 3.8) is 0 Å². The van der Waals surface area contributed by atoms with Crippen LogP contribution in [0.25, 0.3) is 0 Å². The molecule has 3 rings (SSSR count). The number of rotatable bonds is 8. The Labute approximate surface area is 178 Å². The number of thiophene rings is 1. The van der Waals surface area contributed by atoms with Crippen molar-refractivity contribution in [3.8, 4) is 0 Å². The van der Waals surface area contributed by atoms with Crippen molar-refractivity contribution in [2.24, 2.45) is 0 Å². The van der Waals surface area contributed by atoms with Crippen LogP contribution in [0.4, 0.5) is 5.00 Å². The number of nitrogens with zero attached hydrogens (tertiary/aromatic N) is 1. The number of hydrogen-bond donors (Lipinski definition) is 1. The molecule has 158 valence electrons. The van der Waals surface area contributed by atoms with E-state index in [2.05, 4.69) is 5.32 Å². The van der Waals surface area contributed by atoms with Crippen molar-refractivity contribution in [1.82, 2.24) is 4.31 Å². The van der Waals surface area contributed by atoms with E-state index in [4.69, 9.17) is 9.15 Å². The molecule has 2 heterocycles. The number of esters is 1. The van der Waals surface area contributed by atoms with Crippen LogP contribution >= 0.6 is 11.3 Å². The summed E-state index contributed by atoms with van der Waals surface area (Å²) in [7, 11) is -2.30. The zero-order chi connectivity index (χ0) is 21.7. The lowest BCUT2D eigenvalue weighted by atomic mass is 10.2. The van der Waals surface area contributed by atoms with Gasteiger partial charge in [-0.1, -0.05) is 0 Å². The van der Waals surface area contributed by atoms with Crippen LogP contribution in [0, 0.1) is 0 Å². The average molecular weight is 449 g/mol. The van der Waals surface area contributed by atoms with Gasteiger partial charge in [0.1, 0.15) is 10.8 Å². The van der Waals surface area contributed by atoms with Crippen molar-refractivity contribution in [2.75, 3.05) is 19.0 Å². The Bertz CT molecular complexity index is 1120. The van der Waals surface area contributed by atoms with Gasteiger partial charge in [-0.2, -0.15) is 4.31 Å². The van der Waals surface area contributed by atoms with Crippen molar-refractivity contribution in [2.45, 2.75) is 18.4 Å². The number of benzene rings is 1. The summed E-state index contributed by atoms with van der Waals surface area (Å²) in [5.41, 5.74) is 0.528. The lowest BCUT2D eigenvalue weighted by Crippen LogP contribution is -2.26. The number of anilines is 1. The molecule has 1 amide bonds. The van der Waals surface area contributed by atoms with Gasteiger partial charge in [0.05, 0.1) is 29.9 Å². The lowest BCUT2D eigenvalue weighted by molar-refractivity contribution is 0.0528. The Kier molecular flexibility index (Phi) is 6.70. The summed E-state index contributed by atoms with van der Waals surface area (Å²) in [5.74, 6) is -0.462. The van der Waals surface area contributed by atoms with E-state index >= 15 is 0 Å². The molecule has 1 aromatic carbocycles. The number of nitrogens with one attached hydrogen (secondary N) is 1. The number of hydrogen-bond acceptors (Lipinski definition) is 7. The van der Waals surface area contributed by atoms with Crippen molar-refractivity contribution < 1.29 is 27.2 Å². The fourth-order valence-electron chi connectivity index (χ4n) is 2.62. The summed E-state index contributed by atoms with van der Waals surface area (Å²) < 4.78 is 36.7. The molecule has 2 aromatic heterocycles. The number of ether oxygens (including phenoxy) is 1. The Hall–Kier alpha value is -2.95. The molecule has 1 N–H and O–H groups in total. The van der Waals surface area contributed by atoms with Crippen molar-refractivity contribution in [3.05, 3.63) is 71.0 Å². The summed E-state index contributed by atoms with van der Waals surface area (Å²) >= 11 is 1.20. The van der Waals surface area contributed by atoms with Gasteiger partial charge in [0.2, 0.25) is 10.0 Å². The quantitative estimate of drug-likeness (QED) is 0.528. The maximum absolute atomic E-state index is 12.7. The SMILES string of the molecule is CCOC(=O)c1ccsc1NC(=O)c1ccc(S(=O)(=O)N(C)Cc2ccco2)cc1. The highest BCUT2D eigenvalue weighted by atomic mass is 32.2. The van der Waals surface area contributed by atoms with Gasteiger partial charge in [-0.3, -0.25) is 4.79 Å². The van der Waals surface area contributed by atoms with Crippen LogP contribution in [0.2, 0.25) is 0 Å². The van der Waals surface area contributed by atoms with E-state index in [1.807, 2.05) is 0 Å². The number of carbonyl (C=O) groups is 2. The third-order valence-electron chi connectivity index (χ3n) is 4.17. The summed E-state index contributed by atoms with van der Waals surface area (Å²) in [5, 5.41) is 4.71. The highest BCUT2D eigenvalue weighted by Gasteiger charge is 2.22.